The Bertz CT molecular complexity index is 230. The van der Waals surface area contributed by atoms with Crippen molar-refractivity contribution in [1.29, 1.82) is 0 Å². The van der Waals surface area contributed by atoms with E-state index in [9.17, 15) is 5.11 Å². The Labute approximate surface area is 99.2 Å². The molecule has 1 saturated carbocycles. The number of aliphatic hydroxyl groups excluding tert-OH is 1. The minimum Gasteiger partial charge on any atom is -0.394 e. The number of aliphatic hydroxyl groups is 1. The molecule has 1 aliphatic carbocycles. The van der Waals surface area contributed by atoms with E-state index in [4.69, 9.17) is 0 Å². The molecule has 0 spiro atoms. The Balaban J connectivity index is 1.73. The van der Waals surface area contributed by atoms with Gasteiger partial charge in [0.2, 0.25) is 0 Å². The number of rotatable bonds is 6. The van der Waals surface area contributed by atoms with Gasteiger partial charge < -0.3 is 15.3 Å². The van der Waals surface area contributed by atoms with Crippen molar-refractivity contribution in [2.45, 2.75) is 51.1 Å². The van der Waals surface area contributed by atoms with Crippen LogP contribution in [0.15, 0.2) is 0 Å². The van der Waals surface area contributed by atoms with Gasteiger partial charge in [0.15, 0.2) is 0 Å². The summed E-state index contributed by atoms with van der Waals surface area (Å²) in [6, 6.07) is 0.676. The fourth-order valence-corrected chi connectivity index (χ4v) is 2.55. The van der Waals surface area contributed by atoms with Gasteiger partial charge in [0.25, 0.3) is 0 Å². The van der Waals surface area contributed by atoms with Gasteiger partial charge >= 0.3 is 0 Å². The van der Waals surface area contributed by atoms with E-state index in [-0.39, 0.29) is 12.1 Å². The third-order valence-electron chi connectivity index (χ3n) is 3.97. The number of hydrogen-bond acceptors (Lipinski definition) is 3. The highest BCUT2D eigenvalue weighted by Crippen LogP contribution is 2.24. The van der Waals surface area contributed by atoms with Crippen LogP contribution in [-0.4, -0.2) is 47.8 Å². The first kappa shape index (κ1) is 12.3. The van der Waals surface area contributed by atoms with Gasteiger partial charge in [-0.05, 0) is 51.6 Å². The van der Waals surface area contributed by atoms with Crippen LogP contribution in [0.25, 0.3) is 0 Å². The molecule has 0 aromatic rings. The van der Waals surface area contributed by atoms with Crippen LogP contribution in [-0.2, 0) is 0 Å². The topological polar surface area (TPSA) is 35.5 Å². The Morgan fingerprint density at radius 1 is 1.38 bits per heavy atom. The summed E-state index contributed by atoms with van der Waals surface area (Å²) in [4.78, 5) is 2.53. The largest absolute Gasteiger partial charge is 0.394 e. The van der Waals surface area contributed by atoms with Crippen molar-refractivity contribution < 1.29 is 5.11 Å². The second kappa shape index (κ2) is 5.03. The summed E-state index contributed by atoms with van der Waals surface area (Å²) in [7, 11) is 0. The number of likely N-dealkylation sites (tertiary alicyclic amines) is 1. The first-order valence-corrected chi connectivity index (χ1v) is 6.72. The lowest BCUT2D eigenvalue weighted by Gasteiger charge is -2.31. The van der Waals surface area contributed by atoms with Crippen molar-refractivity contribution >= 4 is 0 Å². The standard InChI is InChI=1S/C13H26N2O/c1-11-5-7-15(9-11)8-6-13(2,10-16)14-12-3-4-12/h11-12,14,16H,3-10H2,1-2H3. The van der Waals surface area contributed by atoms with E-state index in [1.165, 1.54) is 32.4 Å². The predicted molar refractivity (Wildman–Crippen MR) is 66.5 cm³/mol. The molecular formula is C13H26N2O. The molecule has 0 amide bonds. The summed E-state index contributed by atoms with van der Waals surface area (Å²) in [5.41, 5.74) is -0.0625. The van der Waals surface area contributed by atoms with Gasteiger partial charge in [-0.3, -0.25) is 0 Å². The van der Waals surface area contributed by atoms with Gasteiger partial charge in [0.1, 0.15) is 0 Å². The summed E-state index contributed by atoms with van der Waals surface area (Å²) < 4.78 is 0. The minimum absolute atomic E-state index is 0.0625. The SMILES string of the molecule is CC1CCN(CCC(C)(CO)NC2CC2)C1. The molecule has 0 bridgehead atoms. The Morgan fingerprint density at radius 2 is 2.12 bits per heavy atom. The van der Waals surface area contributed by atoms with Crippen molar-refractivity contribution in [3.63, 3.8) is 0 Å². The lowest BCUT2D eigenvalue weighted by atomic mass is 9.98. The van der Waals surface area contributed by atoms with Crippen LogP contribution in [0.5, 0.6) is 0 Å². The highest BCUT2D eigenvalue weighted by Gasteiger charge is 2.32. The molecule has 2 unspecified atom stereocenters. The maximum atomic E-state index is 9.51. The zero-order valence-corrected chi connectivity index (χ0v) is 10.7. The zero-order chi connectivity index (χ0) is 11.6. The molecule has 2 atom stereocenters. The first-order chi connectivity index (χ1) is 7.61. The highest BCUT2D eigenvalue weighted by atomic mass is 16.3. The van der Waals surface area contributed by atoms with Gasteiger partial charge in [0, 0.05) is 18.1 Å². The molecule has 3 nitrogen and oxygen atoms in total. The Kier molecular flexibility index (Phi) is 3.88. The van der Waals surface area contributed by atoms with Crippen LogP contribution < -0.4 is 5.32 Å². The van der Waals surface area contributed by atoms with Crippen molar-refractivity contribution in [2.75, 3.05) is 26.2 Å². The maximum absolute atomic E-state index is 9.51. The van der Waals surface area contributed by atoms with Crippen molar-refractivity contribution in [3.05, 3.63) is 0 Å². The lowest BCUT2D eigenvalue weighted by Crippen LogP contribution is -2.48. The number of hydrogen-bond donors (Lipinski definition) is 2. The van der Waals surface area contributed by atoms with E-state index < -0.39 is 0 Å². The molecule has 2 N–H and O–H groups in total. The third-order valence-corrected chi connectivity index (χ3v) is 3.97. The highest BCUT2D eigenvalue weighted by molar-refractivity contribution is 4.93. The van der Waals surface area contributed by atoms with Crippen LogP contribution in [0.4, 0.5) is 0 Å². The van der Waals surface area contributed by atoms with Crippen LogP contribution in [0, 0.1) is 5.92 Å². The maximum Gasteiger partial charge on any atom is 0.0611 e. The van der Waals surface area contributed by atoms with E-state index in [1.807, 2.05) is 0 Å². The third kappa shape index (κ3) is 3.44. The van der Waals surface area contributed by atoms with Crippen molar-refractivity contribution in [1.82, 2.24) is 10.2 Å². The van der Waals surface area contributed by atoms with Crippen molar-refractivity contribution in [2.24, 2.45) is 5.92 Å². The molecule has 0 radical (unpaired) electrons. The summed E-state index contributed by atoms with van der Waals surface area (Å²) in [5.74, 6) is 0.858. The van der Waals surface area contributed by atoms with Crippen LogP contribution in [0.1, 0.15) is 39.5 Å². The molecule has 1 aliphatic heterocycles. The molecule has 1 saturated heterocycles. The van der Waals surface area contributed by atoms with Gasteiger partial charge in [-0.15, -0.1) is 0 Å². The van der Waals surface area contributed by atoms with Gasteiger partial charge in [0.05, 0.1) is 6.61 Å². The van der Waals surface area contributed by atoms with Crippen LogP contribution >= 0.6 is 0 Å². The quantitative estimate of drug-likeness (QED) is 0.715. The van der Waals surface area contributed by atoms with E-state index >= 15 is 0 Å². The van der Waals surface area contributed by atoms with E-state index in [1.54, 1.807) is 0 Å². The van der Waals surface area contributed by atoms with E-state index in [2.05, 4.69) is 24.1 Å². The van der Waals surface area contributed by atoms with E-state index in [0.29, 0.717) is 6.04 Å². The molecule has 2 rings (SSSR count). The average molecular weight is 226 g/mol. The monoisotopic (exact) mass is 226 g/mol. The van der Waals surface area contributed by atoms with Gasteiger partial charge in [-0.1, -0.05) is 6.92 Å². The Hall–Kier alpha value is -0.120. The fourth-order valence-electron chi connectivity index (χ4n) is 2.55. The molecule has 94 valence electrons. The fraction of sp³-hybridized carbons (Fsp3) is 1.00. The summed E-state index contributed by atoms with van der Waals surface area (Å²) in [6.07, 6.45) is 4.98. The zero-order valence-electron chi connectivity index (χ0n) is 10.7. The number of nitrogens with one attached hydrogen (secondary N) is 1. The first-order valence-electron chi connectivity index (χ1n) is 6.72. The summed E-state index contributed by atoms with van der Waals surface area (Å²) in [5, 5.41) is 13.1. The molecule has 1 heterocycles. The average Bonchev–Trinajstić information content (AvgIpc) is 2.97. The molecular weight excluding hydrogens is 200 g/mol. The molecule has 16 heavy (non-hydrogen) atoms. The summed E-state index contributed by atoms with van der Waals surface area (Å²) >= 11 is 0. The van der Waals surface area contributed by atoms with E-state index in [0.717, 1.165) is 18.9 Å². The molecule has 2 aliphatic rings. The van der Waals surface area contributed by atoms with Crippen molar-refractivity contribution in [3.8, 4) is 0 Å². The summed E-state index contributed by atoms with van der Waals surface area (Å²) in [6.45, 7) is 8.35. The van der Waals surface area contributed by atoms with Crippen LogP contribution in [0.2, 0.25) is 0 Å². The van der Waals surface area contributed by atoms with Crippen LogP contribution in [0.3, 0.4) is 0 Å². The Morgan fingerprint density at radius 3 is 2.62 bits per heavy atom. The van der Waals surface area contributed by atoms with Gasteiger partial charge in [-0.25, -0.2) is 0 Å². The molecule has 0 aromatic heterocycles. The molecule has 0 aromatic carbocycles. The molecule has 3 heteroatoms. The second-order valence-corrected chi connectivity index (χ2v) is 6.08. The lowest BCUT2D eigenvalue weighted by molar-refractivity contribution is 0.148. The molecule has 2 fully saturated rings. The smallest absolute Gasteiger partial charge is 0.0611 e. The predicted octanol–water partition coefficient (Wildman–Crippen LogP) is 1.22. The normalized spacial score (nSPS) is 30.6. The second-order valence-electron chi connectivity index (χ2n) is 6.08. The van der Waals surface area contributed by atoms with Gasteiger partial charge in [-0.2, -0.15) is 0 Å². The minimum atomic E-state index is -0.0625. The number of nitrogens with zero attached hydrogens (tertiary/aromatic N) is 1.